The minimum absolute atomic E-state index is 0.0177. The molecule has 0 aliphatic heterocycles. The van der Waals surface area contributed by atoms with Gasteiger partial charge in [-0.15, -0.1) is 0 Å². The first kappa shape index (κ1) is 19.2. The van der Waals surface area contributed by atoms with Crippen LogP contribution in [-0.4, -0.2) is 28.8 Å². The van der Waals surface area contributed by atoms with Crippen molar-refractivity contribution in [3.8, 4) is 0 Å². The Labute approximate surface area is 147 Å². The van der Waals surface area contributed by atoms with Crippen LogP contribution >= 0.6 is 19.0 Å². The van der Waals surface area contributed by atoms with Crippen molar-refractivity contribution in [1.29, 1.82) is 0 Å². The Morgan fingerprint density at radius 3 is 2.38 bits per heavy atom. The van der Waals surface area contributed by atoms with E-state index >= 15 is 0 Å². The van der Waals surface area contributed by atoms with Crippen LogP contribution in [0.15, 0.2) is 54.6 Å². The van der Waals surface area contributed by atoms with Crippen molar-refractivity contribution >= 4 is 19.0 Å². The van der Waals surface area contributed by atoms with Gasteiger partial charge in [0.15, 0.2) is 0 Å². The molecule has 0 heterocycles. The maximum absolute atomic E-state index is 12.3. The molecule has 6 heteroatoms. The summed E-state index contributed by atoms with van der Waals surface area (Å²) in [4.78, 5) is 10.1. The van der Waals surface area contributed by atoms with Crippen molar-refractivity contribution in [3.05, 3.63) is 70.7 Å². The molecule has 0 saturated heterocycles. The van der Waals surface area contributed by atoms with E-state index < -0.39 is 13.5 Å². The van der Waals surface area contributed by atoms with E-state index in [4.69, 9.17) is 11.6 Å². The van der Waals surface area contributed by atoms with Gasteiger partial charge in [0.05, 0.1) is 12.3 Å². The third-order valence-corrected chi connectivity index (χ3v) is 5.90. The molecule has 130 valence electrons. The van der Waals surface area contributed by atoms with Gasteiger partial charge >= 0.3 is 0 Å². The number of halogens is 1. The summed E-state index contributed by atoms with van der Waals surface area (Å²) in [5, 5.41) is 13.9. The highest BCUT2D eigenvalue weighted by atomic mass is 35.5. The summed E-state index contributed by atoms with van der Waals surface area (Å²) in [6.07, 6.45) is -0.917. The largest absolute Gasteiger partial charge is 0.391 e. The molecule has 0 bridgehead atoms. The fraction of sp³-hybridized carbons (Fsp3) is 0.333. The first-order valence-corrected chi connectivity index (χ1v) is 10.3. The second-order valence-electron chi connectivity index (χ2n) is 6.01. The quantitative estimate of drug-likeness (QED) is 0.620. The molecule has 3 N–H and O–H groups in total. The summed E-state index contributed by atoms with van der Waals surface area (Å²) in [6, 6.07) is 16.6. The monoisotopic (exact) mass is 367 g/mol. The van der Waals surface area contributed by atoms with E-state index in [-0.39, 0.29) is 24.9 Å². The van der Waals surface area contributed by atoms with Crippen LogP contribution in [0.25, 0.3) is 0 Å². The van der Waals surface area contributed by atoms with E-state index in [0.717, 1.165) is 11.1 Å². The third-order valence-electron chi connectivity index (χ3n) is 3.80. The van der Waals surface area contributed by atoms with Crippen molar-refractivity contribution in [2.45, 2.75) is 25.2 Å². The highest BCUT2D eigenvalue weighted by Crippen LogP contribution is 2.44. The smallest absolute Gasteiger partial charge is 0.207 e. The lowest BCUT2D eigenvalue weighted by Gasteiger charge is -2.20. The molecular weight excluding hydrogens is 345 g/mol. The van der Waals surface area contributed by atoms with Gasteiger partial charge in [0.2, 0.25) is 7.37 Å². The summed E-state index contributed by atoms with van der Waals surface area (Å²) in [5.74, 6) is 0. The summed E-state index contributed by atoms with van der Waals surface area (Å²) in [6.45, 7) is 2.22. The molecule has 3 atom stereocenters. The van der Waals surface area contributed by atoms with Gasteiger partial charge in [-0.1, -0.05) is 54.1 Å². The van der Waals surface area contributed by atoms with Crippen molar-refractivity contribution < 1.29 is 14.6 Å². The van der Waals surface area contributed by atoms with Crippen LogP contribution < -0.4 is 5.32 Å². The van der Waals surface area contributed by atoms with E-state index in [0.29, 0.717) is 5.02 Å². The lowest BCUT2D eigenvalue weighted by atomic mass is 10.1. The number of hydrogen-bond acceptors (Lipinski definition) is 3. The molecule has 2 aromatic rings. The third kappa shape index (κ3) is 6.39. The zero-order valence-corrected chi connectivity index (χ0v) is 15.3. The average Bonchev–Trinajstić information content (AvgIpc) is 2.53. The van der Waals surface area contributed by atoms with Gasteiger partial charge in [0, 0.05) is 23.8 Å². The molecular formula is C18H23ClNO3P. The first-order valence-electron chi connectivity index (χ1n) is 7.87. The predicted molar refractivity (Wildman–Crippen MR) is 98.7 cm³/mol. The Hall–Kier alpha value is -1.16. The van der Waals surface area contributed by atoms with Gasteiger partial charge < -0.3 is 15.3 Å². The highest BCUT2D eigenvalue weighted by Gasteiger charge is 2.23. The number of aliphatic hydroxyl groups is 1. The molecule has 2 aromatic carbocycles. The Kier molecular flexibility index (Phi) is 7.02. The maximum Gasteiger partial charge on any atom is 0.207 e. The summed E-state index contributed by atoms with van der Waals surface area (Å²) in [5.41, 5.74) is 1.85. The Balaban J connectivity index is 1.82. The summed E-state index contributed by atoms with van der Waals surface area (Å²) in [7, 11) is -3.42. The number of rotatable bonds is 8. The van der Waals surface area contributed by atoms with Crippen molar-refractivity contribution in [2.75, 3.05) is 12.7 Å². The lowest BCUT2D eigenvalue weighted by molar-refractivity contribution is 0.186. The molecule has 0 aromatic heterocycles. The molecule has 2 rings (SSSR count). The minimum atomic E-state index is -3.42. The molecule has 0 fully saturated rings. The van der Waals surface area contributed by atoms with E-state index in [9.17, 15) is 14.6 Å². The number of aliphatic hydroxyl groups excluding tert-OH is 1. The number of hydrogen-bond donors (Lipinski definition) is 3. The Bertz CT molecular complexity index is 678. The minimum Gasteiger partial charge on any atom is -0.391 e. The van der Waals surface area contributed by atoms with E-state index in [1.807, 2.05) is 61.5 Å². The van der Waals surface area contributed by atoms with E-state index in [1.165, 1.54) is 0 Å². The molecule has 24 heavy (non-hydrogen) atoms. The van der Waals surface area contributed by atoms with Crippen LogP contribution in [0.4, 0.5) is 0 Å². The molecule has 2 unspecified atom stereocenters. The van der Waals surface area contributed by atoms with Gasteiger partial charge in [-0.2, -0.15) is 0 Å². The fourth-order valence-electron chi connectivity index (χ4n) is 2.51. The molecule has 0 amide bonds. The van der Waals surface area contributed by atoms with Crippen molar-refractivity contribution in [3.63, 3.8) is 0 Å². The normalized spacial score (nSPS) is 16.3. The molecule has 0 aliphatic carbocycles. The van der Waals surface area contributed by atoms with E-state index in [2.05, 4.69) is 5.32 Å². The van der Waals surface area contributed by atoms with Crippen LogP contribution in [0.5, 0.6) is 0 Å². The maximum atomic E-state index is 12.3. The number of nitrogens with one attached hydrogen (secondary N) is 1. The molecule has 0 spiro atoms. The van der Waals surface area contributed by atoms with Gasteiger partial charge in [0.1, 0.15) is 0 Å². The average molecular weight is 368 g/mol. The standard InChI is InChI=1S/C18H23ClNO3P/c1-14(16-7-9-17(19)10-8-16)20-11-18(21)13-24(22,23)12-15-5-3-2-4-6-15/h2-10,14,18,20-21H,11-13H2,1H3,(H,22,23)/t14?,18-/m0/s1. The fourth-order valence-corrected chi connectivity index (χ4v) is 4.33. The van der Waals surface area contributed by atoms with Crippen LogP contribution in [0, 0.1) is 0 Å². The van der Waals surface area contributed by atoms with Crippen molar-refractivity contribution in [1.82, 2.24) is 5.32 Å². The van der Waals surface area contributed by atoms with Gasteiger partial charge in [-0.05, 0) is 30.2 Å². The molecule has 0 aliphatic rings. The van der Waals surface area contributed by atoms with Crippen LogP contribution in [0.2, 0.25) is 5.02 Å². The van der Waals surface area contributed by atoms with Gasteiger partial charge in [0.25, 0.3) is 0 Å². The van der Waals surface area contributed by atoms with E-state index in [1.54, 1.807) is 0 Å². The molecule has 0 radical (unpaired) electrons. The zero-order chi connectivity index (χ0) is 17.6. The topological polar surface area (TPSA) is 69.6 Å². The second kappa shape index (κ2) is 8.80. The second-order valence-corrected chi connectivity index (χ2v) is 8.82. The molecule has 0 saturated carbocycles. The SMILES string of the molecule is CC(NC[C@H](O)CP(=O)(O)Cc1ccccc1)c1ccc(Cl)cc1. The predicted octanol–water partition coefficient (Wildman–Crippen LogP) is 3.82. The summed E-state index contributed by atoms with van der Waals surface area (Å²) < 4.78 is 12.3. The van der Waals surface area contributed by atoms with Crippen LogP contribution in [0.1, 0.15) is 24.1 Å². The van der Waals surface area contributed by atoms with Gasteiger partial charge in [-0.25, -0.2) is 0 Å². The Morgan fingerprint density at radius 1 is 1.12 bits per heavy atom. The first-order chi connectivity index (χ1) is 11.4. The zero-order valence-electron chi connectivity index (χ0n) is 13.6. The molecule has 4 nitrogen and oxygen atoms in total. The Morgan fingerprint density at radius 2 is 1.75 bits per heavy atom. The summed E-state index contributed by atoms with van der Waals surface area (Å²) >= 11 is 5.86. The lowest BCUT2D eigenvalue weighted by Crippen LogP contribution is -2.31. The van der Waals surface area contributed by atoms with Crippen molar-refractivity contribution in [2.24, 2.45) is 0 Å². The van der Waals surface area contributed by atoms with Crippen LogP contribution in [0.3, 0.4) is 0 Å². The van der Waals surface area contributed by atoms with Crippen LogP contribution in [-0.2, 0) is 10.7 Å². The van der Waals surface area contributed by atoms with Gasteiger partial charge in [-0.3, -0.25) is 4.57 Å². The number of benzene rings is 2. The highest BCUT2D eigenvalue weighted by molar-refractivity contribution is 7.57.